The summed E-state index contributed by atoms with van der Waals surface area (Å²) in [5, 5.41) is 1.10. The Labute approximate surface area is 116 Å². The number of halogens is 2. The number of pyridine rings is 1. The van der Waals surface area contributed by atoms with Crippen LogP contribution in [0.2, 0.25) is 10.2 Å². The molecule has 0 bridgehead atoms. The molecular formula is C13H14Cl2N2O. The maximum absolute atomic E-state index is 6.11. The van der Waals surface area contributed by atoms with Crippen LogP contribution in [-0.4, -0.2) is 16.4 Å². The van der Waals surface area contributed by atoms with Gasteiger partial charge < -0.3 is 4.42 Å². The normalized spacial score (nSPS) is 11.1. The molecule has 0 aliphatic carbocycles. The molecule has 2 aromatic heterocycles. The van der Waals surface area contributed by atoms with E-state index in [1.54, 1.807) is 18.4 Å². The van der Waals surface area contributed by atoms with Crippen LogP contribution in [0, 0.1) is 0 Å². The fraction of sp³-hybridized carbons (Fsp3) is 0.308. The Bertz CT molecular complexity index is 500. The van der Waals surface area contributed by atoms with E-state index in [1.807, 2.05) is 12.1 Å². The van der Waals surface area contributed by atoms with E-state index in [9.17, 15) is 0 Å². The topological polar surface area (TPSA) is 29.3 Å². The van der Waals surface area contributed by atoms with Gasteiger partial charge in [-0.3, -0.25) is 4.90 Å². The molecule has 18 heavy (non-hydrogen) atoms. The second kappa shape index (κ2) is 6.23. The van der Waals surface area contributed by atoms with Gasteiger partial charge in [0.05, 0.1) is 23.5 Å². The molecular weight excluding hydrogens is 271 g/mol. The second-order valence-corrected chi connectivity index (χ2v) is 4.74. The second-order valence-electron chi connectivity index (χ2n) is 3.95. The van der Waals surface area contributed by atoms with Crippen LogP contribution in [0.25, 0.3) is 0 Å². The van der Waals surface area contributed by atoms with E-state index in [4.69, 9.17) is 27.6 Å². The minimum absolute atomic E-state index is 0.462. The molecule has 0 amide bonds. The maximum atomic E-state index is 6.11. The first-order valence-corrected chi connectivity index (χ1v) is 6.50. The molecule has 2 heterocycles. The Morgan fingerprint density at radius 1 is 1.22 bits per heavy atom. The monoisotopic (exact) mass is 284 g/mol. The molecule has 0 atom stereocenters. The molecule has 5 heteroatoms. The van der Waals surface area contributed by atoms with E-state index >= 15 is 0 Å². The van der Waals surface area contributed by atoms with Crippen LogP contribution in [0.15, 0.2) is 34.9 Å². The molecule has 0 saturated heterocycles. The highest BCUT2D eigenvalue weighted by Crippen LogP contribution is 2.19. The molecule has 2 aromatic rings. The predicted octanol–water partition coefficient (Wildman–Crippen LogP) is 4.00. The van der Waals surface area contributed by atoms with Crippen LogP contribution in [0.5, 0.6) is 0 Å². The predicted molar refractivity (Wildman–Crippen MR) is 72.8 cm³/mol. The van der Waals surface area contributed by atoms with Gasteiger partial charge in [-0.1, -0.05) is 30.1 Å². The highest BCUT2D eigenvalue weighted by Gasteiger charge is 2.10. The van der Waals surface area contributed by atoms with E-state index < -0.39 is 0 Å². The van der Waals surface area contributed by atoms with Crippen molar-refractivity contribution in [2.75, 3.05) is 6.54 Å². The molecule has 0 fully saturated rings. The number of hydrogen-bond acceptors (Lipinski definition) is 3. The van der Waals surface area contributed by atoms with E-state index in [0.29, 0.717) is 16.7 Å². The zero-order valence-electron chi connectivity index (χ0n) is 10.1. The van der Waals surface area contributed by atoms with E-state index in [2.05, 4.69) is 16.8 Å². The van der Waals surface area contributed by atoms with E-state index in [1.165, 1.54) is 0 Å². The average Bonchev–Trinajstić information content (AvgIpc) is 2.85. The fourth-order valence-corrected chi connectivity index (χ4v) is 2.01. The molecule has 0 saturated carbocycles. The summed E-state index contributed by atoms with van der Waals surface area (Å²) in [5.41, 5.74) is 0.789. The number of furan rings is 1. The van der Waals surface area contributed by atoms with Gasteiger partial charge in [0.1, 0.15) is 10.9 Å². The standard InChI is InChI=1S/C13H14Cl2N2O/c1-2-17(8-10-4-3-7-18-10)9-12-11(14)5-6-13(15)16-12/h3-7H,2,8-9H2,1H3. The smallest absolute Gasteiger partial charge is 0.129 e. The Hall–Kier alpha value is -1.03. The van der Waals surface area contributed by atoms with Crippen molar-refractivity contribution in [2.45, 2.75) is 20.0 Å². The van der Waals surface area contributed by atoms with Gasteiger partial charge in [0.15, 0.2) is 0 Å². The summed E-state index contributed by atoms with van der Waals surface area (Å²) in [4.78, 5) is 6.43. The van der Waals surface area contributed by atoms with Gasteiger partial charge in [-0.25, -0.2) is 4.98 Å². The van der Waals surface area contributed by atoms with Crippen molar-refractivity contribution in [3.05, 3.63) is 52.2 Å². The fourth-order valence-electron chi connectivity index (χ4n) is 1.68. The number of hydrogen-bond donors (Lipinski definition) is 0. The summed E-state index contributed by atoms with van der Waals surface area (Å²) in [6.45, 7) is 4.34. The van der Waals surface area contributed by atoms with Crippen molar-refractivity contribution in [3.63, 3.8) is 0 Å². The number of rotatable bonds is 5. The minimum Gasteiger partial charge on any atom is -0.468 e. The highest BCUT2D eigenvalue weighted by molar-refractivity contribution is 6.32. The van der Waals surface area contributed by atoms with Gasteiger partial charge in [-0.05, 0) is 30.8 Å². The van der Waals surface area contributed by atoms with Gasteiger partial charge in [0.25, 0.3) is 0 Å². The number of nitrogens with zero attached hydrogens (tertiary/aromatic N) is 2. The summed E-state index contributed by atoms with van der Waals surface area (Å²) in [6.07, 6.45) is 1.67. The third-order valence-corrected chi connectivity index (χ3v) is 3.22. The van der Waals surface area contributed by atoms with Crippen LogP contribution in [-0.2, 0) is 13.1 Å². The van der Waals surface area contributed by atoms with E-state index in [-0.39, 0.29) is 0 Å². The minimum atomic E-state index is 0.462. The molecule has 96 valence electrons. The zero-order chi connectivity index (χ0) is 13.0. The van der Waals surface area contributed by atoms with Crippen molar-refractivity contribution in [2.24, 2.45) is 0 Å². The van der Waals surface area contributed by atoms with Gasteiger partial charge in [-0.2, -0.15) is 0 Å². The molecule has 2 rings (SSSR count). The van der Waals surface area contributed by atoms with Crippen molar-refractivity contribution < 1.29 is 4.42 Å². The molecule has 0 aromatic carbocycles. The van der Waals surface area contributed by atoms with E-state index in [0.717, 1.165) is 24.5 Å². The molecule has 0 spiro atoms. The third-order valence-electron chi connectivity index (χ3n) is 2.66. The highest BCUT2D eigenvalue weighted by atomic mass is 35.5. The molecule has 3 nitrogen and oxygen atoms in total. The van der Waals surface area contributed by atoms with Crippen LogP contribution in [0.4, 0.5) is 0 Å². The molecule has 0 aliphatic rings. The molecule has 0 aliphatic heterocycles. The Kier molecular flexibility index (Phi) is 4.64. The van der Waals surface area contributed by atoms with Crippen molar-refractivity contribution in [1.82, 2.24) is 9.88 Å². The maximum Gasteiger partial charge on any atom is 0.129 e. The van der Waals surface area contributed by atoms with Gasteiger partial charge in [0.2, 0.25) is 0 Å². The Morgan fingerprint density at radius 3 is 2.72 bits per heavy atom. The first-order valence-electron chi connectivity index (χ1n) is 5.74. The zero-order valence-corrected chi connectivity index (χ0v) is 11.6. The summed E-state index contributed by atoms with van der Waals surface area (Å²) in [5.74, 6) is 0.926. The Morgan fingerprint density at radius 2 is 2.06 bits per heavy atom. The van der Waals surface area contributed by atoms with Crippen LogP contribution in [0.3, 0.4) is 0 Å². The van der Waals surface area contributed by atoms with Crippen LogP contribution < -0.4 is 0 Å². The molecule has 0 unspecified atom stereocenters. The number of aromatic nitrogens is 1. The SMILES string of the molecule is CCN(Cc1ccco1)Cc1nc(Cl)ccc1Cl. The van der Waals surface area contributed by atoms with Crippen molar-refractivity contribution in [3.8, 4) is 0 Å². The lowest BCUT2D eigenvalue weighted by Crippen LogP contribution is -2.22. The van der Waals surface area contributed by atoms with Gasteiger partial charge >= 0.3 is 0 Å². The lowest BCUT2D eigenvalue weighted by atomic mass is 10.3. The first kappa shape index (κ1) is 13.4. The quantitative estimate of drug-likeness (QED) is 0.777. The average molecular weight is 285 g/mol. The summed E-state index contributed by atoms with van der Waals surface area (Å²) in [7, 11) is 0. The molecule has 0 N–H and O–H groups in total. The first-order chi connectivity index (χ1) is 8.69. The molecule has 0 radical (unpaired) electrons. The summed E-state index contributed by atoms with van der Waals surface area (Å²) in [6, 6.07) is 7.30. The lowest BCUT2D eigenvalue weighted by Gasteiger charge is -2.19. The van der Waals surface area contributed by atoms with Crippen molar-refractivity contribution in [1.29, 1.82) is 0 Å². The van der Waals surface area contributed by atoms with Gasteiger partial charge in [-0.15, -0.1) is 0 Å². The third kappa shape index (κ3) is 3.48. The summed E-state index contributed by atoms with van der Waals surface area (Å²) >= 11 is 12.0. The lowest BCUT2D eigenvalue weighted by molar-refractivity contribution is 0.245. The summed E-state index contributed by atoms with van der Waals surface area (Å²) < 4.78 is 5.34. The van der Waals surface area contributed by atoms with Crippen molar-refractivity contribution >= 4 is 23.2 Å². The van der Waals surface area contributed by atoms with Crippen LogP contribution in [0.1, 0.15) is 18.4 Å². The van der Waals surface area contributed by atoms with Gasteiger partial charge in [0, 0.05) is 6.54 Å². The largest absolute Gasteiger partial charge is 0.468 e. The Balaban J connectivity index is 2.07. The van der Waals surface area contributed by atoms with Crippen LogP contribution >= 0.6 is 23.2 Å².